The molecule has 22 heavy (non-hydrogen) atoms. The van der Waals surface area contributed by atoms with E-state index in [1.54, 1.807) is 0 Å². The van der Waals surface area contributed by atoms with Gasteiger partial charge in [-0.3, -0.25) is 9.80 Å². The van der Waals surface area contributed by atoms with Gasteiger partial charge >= 0.3 is 0 Å². The monoisotopic (exact) mass is 354 g/mol. The number of rotatable bonds is 2. The van der Waals surface area contributed by atoms with Crippen LogP contribution in [-0.2, 0) is 19.7 Å². The summed E-state index contributed by atoms with van der Waals surface area (Å²) in [7, 11) is -6.34. The molecule has 8 nitrogen and oxygen atoms in total. The van der Waals surface area contributed by atoms with Gasteiger partial charge in [0.25, 0.3) is 0 Å². The Kier molecular flexibility index (Phi) is 4.28. The minimum absolute atomic E-state index is 0.0192. The molecule has 3 fully saturated rings. The van der Waals surface area contributed by atoms with Crippen LogP contribution in [0.3, 0.4) is 0 Å². The largest absolute Gasteiger partial charge is 0.390 e. The third kappa shape index (κ3) is 3.31. The maximum absolute atomic E-state index is 11.6. The molecule has 3 heterocycles. The fourth-order valence-electron chi connectivity index (χ4n) is 3.72. The van der Waals surface area contributed by atoms with Crippen molar-refractivity contribution in [3.63, 3.8) is 0 Å². The van der Waals surface area contributed by atoms with Crippen LogP contribution in [0.25, 0.3) is 0 Å². The van der Waals surface area contributed by atoms with Gasteiger partial charge in [-0.25, -0.2) is 16.8 Å². The van der Waals surface area contributed by atoms with Crippen LogP contribution in [0, 0.1) is 0 Å². The normalized spacial score (nSPS) is 42.6. The molecule has 0 bridgehead atoms. The molecule has 0 saturated carbocycles. The van der Waals surface area contributed by atoms with Gasteiger partial charge in [0, 0.05) is 26.2 Å². The zero-order chi connectivity index (χ0) is 16.1. The minimum atomic E-state index is -3.17. The van der Waals surface area contributed by atoms with Crippen LogP contribution < -0.4 is 0 Å². The average molecular weight is 354 g/mol. The first-order valence-electron chi connectivity index (χ1n) is 7.42. The first-order chi connectivity index (χ1) is 10.2. The first kappa shape index (κ1) is 16.6. The van der Waals surface area contributed by atoms with Crippen molar-refractivity contribution in [3.8, 4) is 0 Å². The molecule has 0 aromatic carbocycles. The molecule has 3 saturated heterocycles. The lowest BCUT2D eigenvalue weighted by Gasteiger charge is -2.41. The lowest BCUT2D eigenvalue weighted by Crippen LogP contribution is -2.57. The predicted molar refractivity (Wildman–Crippen MR) is 80.0 cm³/mol. The molecule has 10 heteroatoms. The third-order valence-electron chi connectivity index (χ3n) is 4.87. The lowest BCUT2D eigenvalue weighted by atomic mass is 10.1. The highest BCUT2D eigenvalue weighted by atomic mass is 32.2. The van der Waals surface area contributed by atoms with E-state index < -0.39 is 31.9 Å². The van der Waals surface area contributed by atoms with Crippen LogP contribution in [0.15, 0.2) is 0 Å². The Morgan fingerprint density at radius 1 is 0.636 bits per heavy atom. The van der Waals surface area contributed by atoms with Crippen LogP contribution in [0.5, 0.6) is 0 Å². The Morgan fingerprint density at radius 2 is 0.955 bits per heavy atom. The summed E-state index contributed by atoms with van der Waals surface area (Å²) in [5.74, 6) is -0.405. The average Bonchev–Trinajstić information content (AvgIpc) is 2.84. The molecule has 0 amide bonds. The van der Waals surface area contributed by atoms with E-state index in [4.69, 9.17) is 0 Å². The van der Waals surface area contributed by atoms with E-state index in [-0.39, 0.29) is 35.1 Å². The van der Waals surface area contributed by atoms with Gasteiger partial charge in [-0.2, -0.15) is 0 Å². The van der Waals surface area contributed by atoms with Crippen LogP contribution in [0.2, 0.25) is 0 Å². The first-order valence-corrected chi connectivity index (χ1v) is 11.1. The van der Waals surface area contributed by atoms with E-state index in [9.17, 15) is 27.0 Å². The molecule has 0 aliphatic carbocycles. The van der Waals surface area contributed by atoms with Gasteiger partial charge in [-0.05, 0) is 0 Å². The molecule has 4 atom stereocenters. The topological polar surface area (TPSA) is 115 Å². The molecule has 4 unspecified atom stereocenters. The van der Waals surface area contributed by atoms with E-state index in [2.05, 4.69) is 0 Å². The summed E-state index contributed by atoms with van der Waals surface area (Å²) in [6.45, 7) is 2.28. The molecule has 3 rings (SSSR count). The van der Waals surface area contributed by atoms with Crippen molar-refractivity contribution in [2.45, 2.75) is 24.3 Å². The van der Waals surface area contributed by atoms with Crippen molar-refractivity contribution in [1.29, 1.82) is 0 Å². The summed E-state index contributed by atoms with van der Waals surface area (Å²) in [6.07, 6.45) is -1.71. The predicted octanol–water partition coefficient (Wildman–Crippen LogP) is -3.08. The number of aliphatic hydroxyl groups is 2. The summed E-state index contributed by atoms with van der Waals surface area (Å²) in [6, 6.07) is -0.742. The second kappa shape index (κ2) is 5.67. The Bertz CT molecular complexity index is 570. The molecule has 3 aliphatic heterocycles. The van der Waals surface area contributed by atoms with Crippen LogP contribution >= 0.6 is 0 Å². The second-order valence-electron chi connectivity index (χ2n) is 6.50. The molecule has 3 aliphatic rings. The number of aliphatic hydroxyl groups excluding tert-OH is 2. The molecule has 0 radical (unpaired) electrons. The zero-order valence-electron chi connectivity index (χ0n) is 12.2. The van der Waals surface area contributed by atoms with Crippen molar-refractivity contribution in [2.75, 3.05) is 49.2 Å². The Hall–Kier alpha value is -0.260. The summed E-state index contributed by atoms with van der Waals surface area (Å²) in [5, 5.41) is 19.8. The maximum atomic E-state index is 11.6. The number of sulfone groups is 2. The van der Waals surface area contributed by atoms with Gasteiger partial charge in [0.15, 0.2) is 19.7 Å². The molecule has 0 spiro atoms. The third-order valence-corrected chi connectivity index (χ3v) is 8.27. The van der Waals surface area contributed by atoms with Gasteiger partial charge in [-0.15, -0.1) is 0 Å². The SMILES string of the molecule is O=S1(=O)CC(O)C(N2CCN(C3CS(=O)(=O)CC3O)CC2)C1. The fourth-order valence-corrected chi connectivity index (χ4v) is 7.38. The van der Waals surface area contributed by atoms with Gasteiger partial charge in [0.1, 0.15) is 0 Å². The Balaban J connectivity index is 1.59. The molecule has 128 valence electrons. The number of hydrogen-bond donors (Lipinski definition) is 2. The van der Waals surface area contributed by atoms with Crippen LogP contribution in [0.1, 0.15) is 0 Å². The molecular formula is C12H22N2O6S2. The molecule has 0 aromatic heterocycles. The van der Waals surface area contributed by atoms with Crippen molar-refractivity contribution < 1.29 is 27.0 Å². The van der Waals surface area contributed by atoms with Gasteiger partial charge in [-0.1, -0.05) is 0 Å². The highest BCUT2D eigenvalue weighted by Crippen LogP contribution is 2.23. The fraction of sp³-hybridized carbons (Fsp3) is 1.00. The van der Waals surface area contributed by atoms with Gasteiger partial charge < -0.3 is 10.2 Å². The molecule has 0 aromatic rings. The van der Waals surface area contributed by atoms with Crippen molar-refractivity contribution in [3.05, 3.63) is 0 Å². The van der Waals surface area contributed by atoms with E-state index in [1.165, 1.54) is 0 Å². The number of piperazine rings is 1. The summed E-state index contributed by atoms with van der Waals surface area (Å²) < 4.78 is 46.3. The second-order valence-corrected chi connectivity index (χ2v) is 10.8. The summed E-state index contributed by atoms with van der Waals surface area (Å²) >= 11 is 0. The van der Waals surface area contributed by atoms with Crippen LogP contribution in [0.4, 0.5) is 0 Å². The van der Waals surface area contributed by atoms with Crippen molar-refractivity contribution in [2.24, 2.45) is 0 Å². The van der Waals surface area contributed by atoms with Gasteiger partial charge in [0.2, 0.25) is 0 Å². The van der Waals surface area contributed by atoms with E-state index in [1.807, 2.05) is 9.80 Å². The van der Waals surface area contributed by atoms with Crippen molar-refractivity contribution >= 4 is 19.7 Å². The zero-order valence-corrected chi connectivity index (χ0v) is 13.8. The van der Waals surface area contributed by atoms with E-state index >= 15 is 0 Å². The smallest absolute Gasteiger partial charge is 0.154 e. The van der Waals surface area contributed by atoms with E-state index in [0.29, 0.717) is 26.2 Å². The highest BCUT2D eigenvalue weighted by Gasteiger charge is 2.44. The number of hydrogen-bond acceptors (Lipinski definition) is 8. The van der Waals surface area contributed by atoms with Gasteiger partial charge in [0.05, 0.1) is 47.3 Å². The minimum Gasteiger partial charge on any atom is -0.390 e. The lowest BCUT2D eigenvalue weighted by molar-refractivity contribution is 0.0114. The Labute approximate surface area is 130 Å². The highest BCUT2D eigenvalue weighted by molar-refractivity contribution is 7.92. The van der Waals surface area contributed by atoms with Crippen molar-refractivity contribution in [1.82, 2.24) is 9.80 Å². The maximum Gasteiger partial charge on any atom is 0.154 e. The number of nitrogens with zero attached hydrogens (tertiary/aromatic N) is 2. The van der Waals surface area contributed by atoms with Crippen LogP contribution in [-0.4, -0.2) is 110 Å². The molecule has 2 N–H and O–H groups in total. The quantitative estimate of drug-likeness (QED) is 0.536. The summed E-state index contributed by atoms with van der Waals surface area (Å²) in [4.78, 5) is 3.92. The summed E-state index contributed by atoms with van der Waals surface area (Å²) in [5.41, 5.74) is 0. The molecular weight excluding hydrogens is 332 g/mol. The van der Waals surface area contributed by atoms with E-state index in [0.717, 1.165) is 0 Å². The standard InChI is InChI=1S/C12H22N2O6S2/c15-11-7-21(17,18)5-9(11)13-1-2-14(4-3-13)10-6-22(19,20)8-12(10)16/h9-12,15-16H,1-8H2. The Morgan fingerprint density at radius 3 is 1.18 bits per heavy atom.